The van der Waals surface area contributed by atoms with E-state index < -0.39 is 0 Å². The number of hydrogen-bond acceptors (Lipinski definition) is 6. The lowest BCUT2D eigenvalue weighted by Crippen LogP contribution is -2.49. The van der Waals surface area contributed by atoms with Crippen LogP contribution in [0.25, 0.3) is 5.95 Å². The van der Waals surface area contributed by atoms with E-state index in [0.29, 0.717) is 18.4 Å². The Kier molecular flexibility index (Phi) is 7.10. The Morgan fingerprint density at radius 3 is 2.43 bits per heavy atom. The predicted octanol–water partition coefficient (Wildman–Crippen LogP) is 1.37. The van der Waals surface area contributed by atoms with E-state index in [9.17, 15) is 4.79 Å². The number of nitrogens with zero attached hydrogens (tertiary/aromatic N) is 6. The first kappa shape index (κ1) is 22.7. The summed E-state index contributed by atoms with van der Waals surface area (Å²) in [4.78, 5) is 26.6. The Morgan fingerprint density at radius 2 is 1.77 bits per heavy atom. The van der Waals surface area contributed by atoms with Crippen LogP contribution in [0.2, 0.25) is 0 Å². The van der Waals surface area contributed by atoms with Crippen molar-refractivity contribution in [2.45, 2.75) is 46.6 Å². The fourth-order valence-electron chi connectivity index (χ4n) is 4.50. The molecule has 0 bridgehead atoms. The minimum absolute atomic E-state index is 0. The minimum Gasteiger partial charge on any atom is -0.341 e. The molecule has 1 N–H and O–H groups in total. The molecule has 1 unspecified atom stereocenters. The molecule has 2 aliphatic rings. The summed E-state index contributed by atoms with van der Waals surface area (Å²) >= 11 is 0. The first-order valence-electron chi connectivity index (χ1n) is 10.5. The van der Waals surface area contributed by atoms with Crippen molar-refractivity contribution in [3.8, 4) is 5.95 Å². The molecule has 2 fully saturated rings. The number of rotatable bonds is 4. The van der Waals surface area contributed by atoms with Crippen LogP contribution >= 0.6 is 12.4 Å². The van der Waals surface area contributed by atoms with Crippen molar-refractivity contribution < 1.29 is 4.79 Å². The van der Waals surface area contributed by atoms with Crippen molar-refractivity contribution in [2.75, 3.05) is 39.3 Å². The van der Waals surface area contributed by atoms with Crippen molar-refractivity contribution in [2.24, 2.45) is 0 Å². The molecular weight excluding hydrogens is 402 g/mol. The van der Waals surface area contributed by atoms with Gasteiger partial charge in [-0.3, -0.25) is 9.69 Å². The average Bonchev–Trinajstić information content (AvgIpc) is 3.29. The Morgan fingerprint density at radius 1 is 1.10 bits per heavy atom. The molecule has 0 aliphatic carbocycles. The first-order chi connectivity index (χ1) is 13.9. The Labute approximate surface area is 184 Å². The Hall–Kier alpha value is -2.03. The van der Waals surface area contributed by atoms with E-state index in [4.69, 9.17) is 0 Å². The summed E-state index contributed by atoms with van der Waals surface area (Å²) in [5.74, 6) is 0.761. The minimum atomic E-state index is 0. The SMILES string of the molecule is Cc1cc(C)nc(-n2nc(C)c(CC(=O)N3CCC(N4CCNCC4)C3)c2C)n1.Cl. The summed E-state index contributed by atoms with van der Waals surface area (Å²) in [6.07, 6.45) is 1.45. The van der Waals surface area contributed by atoms with E-state index >= 15 is 0 Å². The van der Waals surface area contributed by atoms with Gasteiger partial charge in [0.2, 0.25) is 5.91 Å². The van der Waals surface area contributed by atoms with Gasteiger partial charge in [0.1, 0.15) is 0 Å². The van der Waals surface area contributed by atoms with Gasteiger partial charge in [0.15, 0.2) is 0 Å². The van der Waals surface area contributed by atoms with Crippen molar-refractivity contribution in [1.82, 2.24) is 34.9 Å². The maximum atomic E-state index is 13.0. The highest BCUT2D eigenvalue weighted by atomic mass is 35.5. The lowest BCUT2D eigenvalue weighted by molar-refractivity contribution is -0.129. The normalized spacial score (nSPS) is 19.7. The zero-order valence-corrected chi connectivity index (χ0v) is 19.1. The third kappa shape index (κ3) is 4.66. The van der Waals surface area contributed by atoms with Gasteiger partial charge >= 0.3 is 0 Å². The van der Waals surface area contributed by atoms with Crippen LogP contribution in [0.4, 0.5) is 0 Å². The second-order valence-corrected chi connectivity index (χ2v) is 8.26. The number of aryl methyl sites for hydroxylation is 3. The van der Waals surface area contributed by atoms with Crippen LogP contribution in [0.3, 0.4) is 0 Å². The van der Waals surface area contributed by atoms with E-state index in [0.717, 1.165) is 74.0 Å². The van der Waals surface area contributed by atoms with E-state index in [1.807, 2.05) is 38.7 Å². The van der Waals surface area contributed by atoms with Crippen molar-refractivity contribution in [3.05, 3.63) is 34.4 Å². The Balaban J connectivity index is 0.00000256. The molecule has 1 atom stereocenters. The van der Waals surface area contributed by atoms with Gasteiger partial charge in [-0.15, -0.1) is 12.4 Å². The van der Waals surface area contributed by atoms with E-state index in [-0.39, 0.29) is 18.3 Å². The van der Waals surface area contributed by atoms with Gasteiger partial charge in [-0.2, -0.15) is 5.10 Å². The second-order valence-electron chi connectivity index (χ2n) is 8.26. The molecule has 2 aromatic rings. The summed E-state index contributed by atoms with van der Waals surface area (Å²) < 4.78 is 1.77. The van der Waals surface area contributed by atoms with Gasteiger partial charge in [-0.25, -0.2) is 14.6 Å². The summed E-state index contributed by atoms with van der Waals surface area (Å²) in [5.41, 5.74) is 4.63. The number of hydrogen-bond donors (Lipinski definition) is 1. The molecule has 9 heteroatoms. The first-order valence-corrected chi connectivity index (χ1v) is 10.5. The molecular formula is C21H32ClN7O. The Bertz CT molecular complexity index is 887. The third-order valence-electron chi connectivity index (χ3n) is 6.11. The highest BCUT2D eigenvalue weighted by molar-refractivity contribution is 5.85. The van der Waals surface area contributed by atoms with Gasteiger partial charge in [-0.1, -0.05) is 0 Å². The van der Waals surface area contributed by atoms with Gasteiger partial charge in [-0.05, 0) is 40.2 Å². The summed E-state index contributed by atoms with van der Waals surface area (Å²) in [6, 6.07) is 2.44. The molecule has 2 aromatic heterocycles. The quantitative estimate of drug-likeness (QED) is 0.784. The molecule has 4 rings (SSSR count). The van der Waals surface area contributed by atoms with Gasteiger partial charge in [0.05, 0.1) is 12.1 Å². The van der Waals surface area contributed by atoms with Crippen LogP contribution in [0.5, 0.6) is 0 Å². The fourth-order valence-corrected chi connectivity index (χ4v) is 4.50. The smallest absolute Gasteiger partial charge is 0.251 e. The van der Waals surface area contributed by atoms with E-state index in [2.05, 4.69) is 25.3 Å². The molecule has 1 amide bonds. The zero-order valence-electron chi connectivity index (χ0n) is 18.3. The number of aromatic nitrogens is 4. The van der Waals surface area contributed by atoms with Crippen LogP contribution in [-0.4, -0.2) is 80.8 Å². The number of nitrogens with one attached hydrogen (secondary N) is 1. The van der Waals surface area contributed by atoms with Gasteiger partial charge < -0.3 is 10.2 Å². The number of likely N-dealkylation sites (tertiary alicyclic amines) is 1. The van der Waals surface area contributed by atoms with E-state index in [1.54, 1.807) is 4.68 Å². The number of halogens is 1. The summed E-state index contributed by atoms with van der Waals surface area (Å²) in [5, 5.41) is 8.03. The van der Waals surface area contributed by atoms with Gasteiger partial charge in [0.25, 0.3) is 5.95 Å². The third-order valence-corrected chi connectivity index (χ3v) is 6.11. The standard InChI is InChI=1S/C21H31N7O.ClH/c1-14-11-15(2)24-21(23-14)28-17(4)19(16(3)25-28)12-20(29)27-8-5-18(13-27)26-9-6-22-7-10-26;/h11,18,22H,5-10,12-13H2,1-4H3;1H. The van der Waals surface area contributed by atoms with Crippen molar-refractivity contribution in [1.29, 1.82) is 0 Å². The van der Waals surface area contributed by atoms with E-state index in [1.165, 1.54) is 0 Å². The topological polar surface area (TPSA) is 79.2 Å². The molecule has 0 aromatic carbocycles. The second kappa shape index (κ2) is 9.41. The lowest BCUT2D eigenvalue weighted by atomic mass is 10.1. The molecule has 2 aliphatic heterocycles. The zero-order chi connectivity index (χ0) is 20.5. The molecule has 30 heavy (non-hydrogen) atoms. The average molecular weight is 434 g/mol. The largest absolute Gasteiger partial charge is 0.341 e. The summed E-state index contributed by atoms with van der Waals surface area (Å²) in [6.45, 7) is 13.8. The highest BCUT2D eigenvalue weighted by Crippen LogP contribution is 2.21. The maximum absolute atomic E-state index is 13.0. The van der Waals surface area contributed by atoms with Gasteiger partial charge in [0, 0.05) is 68.0 Å². The predicted molar refractivity (Wildman–Crippen MR) is 118 cm³/mol. The lowest BCUT2D eigenvalue weighted by Gasteiger charge is -2.32. The summed E-state index contributed by atoms with van der Waals surface area (Å²) in [7, 11) is 0. The maximum Gasteiger partial charge on any atom is 0.251 e. The molecule has 2 saturated heterocycles. The molecule has 4 heterocycles. The molecule has 164 valence electrons. The van der Waals surface area contributed by atoms with Crippen LogP contribution < -0.4 is 5.32 Å². The number of amides is 1. The molecule has 8 nitrogen and oxygen atoms in total. The van der Waals surface area contributed by atoms with Crippen LogP contribution in [0.1, 0.15) is 34.8 Å². The molecule has 0 spiro atoms. The number of carbonyl (C=O) groups excluding carboxylic acids is 1. The van der Waals surface area contributed by atoms with Crippen molar-refractivity contribution in [3.63, 3.8) is 0 Å². The molecule has 0 saturated carbocycles. The number of piperazine rings is 1. The van der Waals surface area contributed by atoms with Crippen LogP contribution in [-0.2, 0) is 11.2 Å². The van der Waals surface area contributed by atoms with Crippen LogP contribution in [0, 0.1) is 27.7 Å². The monoisotopic (exact) mass is 433 g/mol. The highest BCUT2D eigenvalue weighted by Gasteiger charge is 2.31. The van der Waals surface area contributed by atoms with Crippen LogP contribution in [0.15, 0.2) is 6.07 Å². The molecule has 0 radical (unpaired) electrons. The fraction of sp³-hybridized carbons (Fsp3) is 0.619. The number of carbonyl (C=O) groups is 1. The van der Waals surface area contributed by atoms with Crippen molar-refractivity contribution >= 4 is 18.3 Å².